The number of aryl methyl sites for hydroxylation is 1. The first-order valence-electron chi connectivity index (χ1n) is 25.7. The van der Waals surface area contributed by atoms with Crippen molar-refractivity contribution < 1.29 is 47.1 Å². The highest BCUT2D eigenvalue weighted by molar-refractivity contribution is 7.85. The number of carboxylic acid groups (broad SMARTS) is 2. The van der Waals surface area contributed by atoms with Gasteiger partial charge in [0, 0.05) is 18.6 Å². The monoisotopic (exact) mass is 997 g/mol. The summed E-state index contributed by atoms with van der Waals surface area (Å²) >= 11 is 0. The molecule has 0 unspecified atom stereocenters. The van der Waals surface area contributed by atoms with Gasteiger partial charge in [-0.25, -0.2) is 4.79 Å². The molecule has 0 bridgehead atoms. The largest absolute Gasteiger partial charge is 0.481 e. The normalized spacial score (nSPS) is 22.4. The zero-order valence-electron chi connectivity index (χ0n) is 42.6. The van der Waals surface area contributed by atoms with Crippen molar-refractivity contribution in [1.82, 2.24) is 20.9 Å². The number of piperidine rings is 3. The fourth-order valence-electron chi connectivity index (χ4n) is 11.7. The van der Waals surface area contributed by atoms with Crippen LogP contribution in [0.3, 0.4) is 0 Å². The Morgan fingerprint density at radius 2 is 0.971 bits per heavy atom. The summed E-state index contributed by atoms with van der Waals surface area (Å²) in [4.78, 5) is 50.1. The number of nitrogens with one attached hydrogen (secondary N) is 3. The van der Waals surface area contributed by atoms with Crippen LogP contribution in [0.1, 0.15) is 182 Å². The van der Waals surface area contributed by atoms with Gasteiger partial charge in [-0.1, -0.05) is 75.5 Å². The van der Waals surface area contributed by atoms with Crippen LogP contribution < -0.4 is 16.0 Å². The molecule has 0 atom stereocenters. The summed E-state index contributed by atoms with van der Waals surface area (Å²) in [5.74, 6) is 0.392. The Hall–Kier alpha value is -2.98. The van der Waals surface area contributed by atoms with Crippen molar-refractivity contribution in [3.8, 4) is 0 Å². The zero-order valence-corrected chi connectivity index (χ0v) is 44.2. The van der Waals surface area contributed by atoms with Gasteiger partial charge in [0.1, 0.15) is 5.60 Å². The standard InChI is InChI=1S/C17H29NO4.C16H30N2O.C12H21NO2.C7H8O3S.ClH/c1-16(2,3)22-15(21)18-11-9-17(10-12-18,14(19)20)13-7-5-4-6-8-13;1-15(2,3)18-14(19)16(9-11-17-12-10-16)13-7-5-4-6-8-13;14-11(15)12(6-8-13-9-7-12)10-4-2-1-3-5-10;1-6-2-4-7(5-3-6)11(8,9)10;/h13H,4-12H2,1-3H3,(H,19,20);13,17H,4-12H2,1-3H3,(H,18,19);10,13H,1-9H2,(H,14,15);2-5H,1H3,(H,8,9,10);1H. The minimum atomic E-state index is -4.02. The molecule has 7 rings (SSSR count). The van der Waals surface area contributed by atoms with Gasteiger partial charge in [0.25, 0.3) is 10.1 Å². The lowest BCUT2D eigenvalue weighted by atomic mass is 9.63. The molecule has 390 valence electrons. The molecule has 3 saturated carbocycles. The van der Waals surface area contributed by atoms with Crippen molar-refractivity contribution in [3.63, 3.8) is 0 Å². The van der Waals surface area contributed by atoms with Crippen molar-refractivity contribution in [2.75, 3.05) is 39.3 Å². The summed E-state index contributed by atoms with van der Waals surface area (Å²) in [6.07, 6.45) is 22.4. The lowest BCUT2D eigenvalue weighted by molar-refractivity contribution is -0.158. The van der Waals surface area contributed by atoms with E-state index in [1.54, 1.807) is 17.0 Å². The molecular formula is C52H89ClN4O10S. The SMILES string of the molecule is CC(C)(C)NC(=O)C1(C2CCCCC2)CCNCC1.CC(C)(C)OC(=O)N1CCC(C(=O)O)(C2CCCCC2)CC1.Cc1ccc(S(=O)(=O)O)cc1.Cl.O=C(O)C1(C2CCCCC2)CCNCC1. The van der Waals surface area contributed by atoms with Crippen molar-refractivity contribution in [1.29, 1.82) is 0 Å². The molecule has 1 aromatic rings. The quantitative estimate of drug-likeness (QED) is 0.141. The summed E-state index contributed by atoms with van der Waals surface area (Å²) in [5.41, 5.74) is -0.813. The smallest absolute Gasteiger partial charge is 0.410 e. The van der Waals surface area contributed by atoms with E-state index in [4.69, 9.17) is 9.29 Å². The van der Waals surface area contributed by atoms with Gasteiger partial charge in [0.05, 0.1) is 21.1 Å². The molecule has 0 spiro atoms. The molecule has 3 aliphatic carbocycles. The summed E-state index contributed by atoms with van der Waals surface area (Å²) in [7, 11) is -4.02. The number of carboxylic acids is 2. The average Bonchev–Trinajstić information content (AvgIpc) is 3.29. The number of hydrogen-bond donors (Lipinski definition) is 6. The molecule has 3 saturated heterocycles. The van der Waals surface area contributed by atoms with Gasteiger partial charge in [-0.3, -0.25) is 18.9 Å². The number of rotatable bonds is 7. The zero-order chi connectivity index (χ0) is 49.5. The third-order valence-corrected chi connectivity index (χ3v) is 16.4. The van der Waals surface area contributed by atoms with Gasteiger partial charge in [0.15, 0.2) is 0 Å². The Kier molecular flexibility index (Phi) is 23.1. The first-order valence-corrected chi connectivity index (χ1v) is 27.1. The maximum Gasteiger partial charge on any atom is 0.410 e. The Labute approximate surface area is 415 Å². The van der Waals surface area contributed by atoms with Crippen molar-refractivity contribution in [2.45, 2.75) is 199 Å². The molecule has 0 radical (unpaired) electrons. The Morgan fingerprint density at radius 1 is 0.618 bits per heavy atom. The van der Waals surface area contributed by atoms with E-state index in [0.717, 1.165) is 96.0 Å². The van der Waals surface area contributed by atoms with Crippen LogP contribution in [0.4, 0.5) is 4.79 Å². The second-order valence-corrected chi connectivity index (χ2v) is 24.0. The van der Waals surface area contributed by atoms with E-state index in [9.17, 15) is 37.8 Å². The van der Waals surface area contributed by atoms with E-state index in [2.05, 4.69) is 36.7 Å². The Bertz CT molecular complexity index is 1830. The number of nitrogens with zero attached hydrogens (tertiary/aromatic N) is 1. The van der Waals surface area contributed by atoms with Gasteiger partial charge >= 0.3 is 18.0 Å². The fourth-order valence-corrected chi connectivity index (χ4v) is 12.2. The number of likely N-dealkylation sites (tertiary alicyclic amines) is 1. The van der Waals surface area contributed by atoms with Crippen LogP contribution in [-0.2, 0) is 29.2 Å². The van der Waals surface area contributed by atoms with Crippen LogP contribution in [0.2, 0.25) is 0 Å². The van der Waals surface area contributed by atoms with Crippen LogP contribution in [0.25, 0.3) is 0 Å². The van der Waals surface area contributed by atoms with Crippen molar-refractivity contribution >= 4 is 46.5 Å². The molecule has 16 heteroatoms. The van der Waals surface area contributed by atoms with E-state index in [0.29, 0.717) is 43.7 Å². The molecule has 0 aromatic heterocycles. The van der Waals surface area contributed by atoms with E-state index in [-0.39, 0.29) is 40.3 Å². The number of amides is 2. The number of hydrogen-bond acceptors (Lipinski definition) is 9. The predicted molar refractivity (Wildman–Crippen MR) is 270 cm³/mol. The second-order valence-electron chi connectivity index (χ2n) is 22.5. The highest BCUT2D eigenvalue weighted by atomic mass is 35.5. The summed E-state index contributed by atoms with van der Waals surface area (Å²) in [6, 6.07) is 5.99. The van der Waals surface area contributed by atoms with E-state index < -0.39 is 38.5 Å². The van der Waals surface area contributed by atoms with Crippen LogP contribution in [0.5, 0.6) is 0 Å². The summed E-state index contributed by atoms with van der Waals surface area (Å²) in [6.45, 7) is 18.3. The average molecular weight is 998 g/mol. The third kappa shape index (κ3) is 17.1. The molecule has 3 aliphatic heterocycles. The highest BCUT2D eigenvalue weighted by Crippen LogP contribution is 2.48. The third-order valence-electron chi connectivity index (χ3n) is 15.6. The van der Waals surface area contributed by atoms with Gasteiger partial charge < -0.3 is 35.8 Å². The maximum absolute atomic E-state index is 12.9. The maximum atomic E-state index is 12.9. The molecule has 2 amide bonds. The number of aliphatic carboxylic acids is 2. The minimum absolute atomic E-state index is 0. The van der Waals surface area contributed by atoms with Gasteiger partial charge in [-0.2, -0.15) is 8.42 Å². The minimum Gasteiger partial charge on any atom is -0.481 e. The number of carbonyl (C=O) groups is 4. The molecule has 1 aromatic carbocycles. The van der Waals surface area contributed by atoms with Crippen molar-refractivity contribution in [2.24, 2.45) is 34.0 Å². The van der Waals surface area contributed by atoms with Crippen LogP contribution in [0.15, 0.2) is 29.2 Å². The van der Waals surface area contributed by atoms with E-state index in [1.165, 1.54) is 69.9 Å². The highest BCUT2D eigenvalue weighted by Gasteiger charge is 2.50. The number of ether oxygens (including phenoxy) is 1. The molecule has 3 heterocycles. The van der Waals surface area contributed by atoms with Crippen LogP contribution in [0, 0.1) is 40.9 Å². The van der Waals surface area contributed by atoms with E-state index in [1.807, 2.05) is 27.7 Å². The number of benzene rings is 1. The number of carbonyl (C=O) groups excluding carboxylic acids is 2. The lowest BCUT2D eigenvalue weighted by Gasteiger charge is -2.45. The molecule has 14 nitrogen and oxygen atoms in total. The van der Waals surface area contributed by atoms with Crippen LogP contribution >= 0.6 is 12.4 Å². The Balaban J connectivity index is 0.000000246. The molecule has 68 heavy (non-hydrogen) atoms. The molecule has 6 aliphatic rings. The molecular weight excluding hydrogens is 908 g/mol. The molecule has 6 fully saturated rings. The second kappa shape index (κ2) is 26.5. The summed E-state index contributed by atoms with van der Waals surface area (Å²) < 4.78 is 34.9. The predicted octanol–water partition coefficient (Wildman–Crippen LogP) is 10.2. The van der Waals surface area contributed by atoms with Crippen LogP contribution in [-0.4, -0.2) is 102 Å². The lowest BCUT2D eigenvalue weighted by Crippen LogP contribution is -2.55. The fraction of sp³-hybridized carbons (Fsp3) is 0.808. The topological polar surface area (TPSA) is 212 Å². The van der Waals surface area contributed by atoms with Gasteiger partial charge in [-0.05, 0) is 182 Å². The summed E-state index contributed by atoms with van der Waals surface area (Å²) in [5, 5.41) is 29.3. The Morgan fingerprint density at radius 3 is 1.31 bits per heavy atom. The first kappa shape index (κ1) is 59.3. The first-order chi connectivity index (χ1) is 31.4. The van der Waals surface area contributed by atoms with E-state index >= 15 is 0 Å². The number of halogens is 1. The van der Waals surface area contributed by atoms with Gasteiger partial charge in [0.2, 0.25) is 5.91 Å². The molecule has 6 N–H and O–H groups in total. The van der Waals surface area contributed by atoms with Gasteiger partial charge in [-0.15, -0.1) is 12.4 Å². The van der Waals surface area contributed by atoms with Crippen molar-refractivity contribution in [3.05, 3.63) is 29.8 Å².